The summed E-state index contributed by atoms with van der Waals surface area (Å²) in [5, 5.41) is 10.8. The van der Waals surface area contributed by atoms with Gasteiger partial charge in [0.05, 0.1) is 11.9 Å². The van der Waals surface area contributed by atoms with Gasteiger partial charge in [-0.1, -0.05) is 5.16 Å². The fraction of sp³-hybridized carbons (Fsp3) is 0.333. The fourth-order valence-electron chi connectivity index (χ4n) is 1.36. The van der Waals surface area contributed by atoms with Gasteiger partial charge >= 0.3 is 0 Å². The Morgan fingerprint density at radius 2 is 2.43 bits per heavy atom. The van der Waals surface area contributed by atoms with Gasteiger partial charge in [-0.2, -0.15) is 5.10 Å². The van der Waals surface area contributed by atoms with Crippen LogP contribution >= 0.6 is 0 Å². The highest BCUT2D eigenvalue weighted by Crippen LogP contribution is 2.20. The van der Waals surface area contributed by atoms with Crippen molar-refractivity contribution in [2.24, 2.45) is 5.73 Å². The maximum atomic E-state index is 5.49. The molecule has 3 N–H and O–H groups in total. The highest BCUT2D eigenvalue weighted by Gasteiger charge is 2.10. The normalized spacial score (nSPS) is 10.7. The molecule has 5 nitrogen and oxygen atoms in total. The number of aryl methyl sites for hydroxylation is 1. The maximum absolute atomic E-state index is 5.49. The number of hydrogen-bond donors (Lipinski definition) is 2. The SMILES string of the molecule is Cc1cc(-c2[nH]ncc2CCN)no1. The van der Waals surface area contributed by atoms with Crippen LogP contribution in [0.4, 0.5) is 0 Å². The Balaban J connectivity index is 2.36. The summed E-state index contributed by atoms with van der Waals surface area (Å²) in [6.07, 6.45) is 2.56. The smallest absolute Gasteiger partial charge is 0.134 e. The second-order valence-corrected chi connectivity index (χ2v) is 3.13. The van der Waals surface area contributed by atoms with E-state index >= 15 is 0 Å². The van der Waals surface area contributed by atoms with Crippen molar-refractivity contribution in [1.82, 2.24) is 15.4 Å². The monoisotopic (exact) mass is 192 g/mol. The molecule has 0 saturated heterocycles. The van der Waals surface area contributed by atoms with E-state index in [2.05, 4.69) is 15.4 Å². The molecule has 0 atom stereocenters. The van der Waals surface area contributed by atoms with Gasteiger partial charge in [0.15, 0.2) is 0 Å². The summed E-state index contributed by atoms with van der Waals surface area (Å²) in [5.41, 5.74) is 8.23. The first-order valence-corrected chi connectivity index (χ1v) is 4.47. The molecule has 74 valence electrons. The van der Waals surface area contributed by atoms with Crippen molar-refractivity contribution in [2.45, 2.75) is 13.3 Å². The first-order valence-electron chi connectivity index (χ1n) is 4.47. The molecular formula is C9H12N4O. The molecule has 2 heterocycles. The Labute approximate surface area is 81.3 Å². The van der Waals surface area contributed by atoms with Crippen LogP contribution < -0.4 is 5.73 Å². The standard InChI is InChI=1S/C9H12N4O/c1-6-4-8(13-14-6)9-7(2-3-10)5-11-12-9/h4-5H,2-3,10H2,1H3,(H,11,12). The summed E-state index contributed by atoms with van der Waals surface area (Å²) in [6, 6.07) is 1.87. The van der Waals surface area contributed by atoms with Crippen LogP contribution in [0, 0.1) is 6.92 Å². The van der Waals surface area contributed by atoms with E-state index in [1.165, 1.54) is 0 Å². The minimum absolute atomic E-state index is 0.601. The van der Waals surface area contributed by atoms with Gasteiger partial charge < -0.3 is 10.3 Å². The molecular weight excluding hydrogens is 180 g/mol. The van der Waals surface area contributed by atoms with Crippen molar-refractivity contribution in [2.75, 3.05) is 6.54 Å². The number of rotatable bonds is 3. The zero-order valence-electron chi connectivity index (χ0n) is 7.95. The van der Waals surface area contributed by atoms with E-state index in [-0.39, 0.29) is 0 Å². The highest BCUT2D eigenvalue weighted by atomic mass is 16.5. The lowest BCUT2D eigenvalue weighted by molar-refractivity contribution is 0.399. The Kier molecular flexibility index (Phi) is 2.32. The zero-order chi connectivity index (χ0) is 9.97. The van der Waals surface area contributed by atoms with E-state index in [0.717, 1.165) is 29.1 Å². The molecule has 0 aliphatic rings. The van der Waals surface area contributed by atoms with Crippen LogP contribution in [0.1, 0.15) is 11.3 Å². The summed E-state index contributed by atoms with van der Waals surface area (Å²) in [4.78, 5) is 0. The molecule has 2 aromatic heterocycles. The Hall–Kier alpha value is -1.62. The summed E-state index contributed by atoms with van der Waals surface area (Å²) in [7, 11) is 0. The molecule has 0 aliphatic carbocycles. The molecule has 0 unspecified atom stereocenters. The minimum atomic E-state index is 0.601. The van der Waals surface area contributed by atoms with Crippen molar-refractivity contribution < 1.29 is 4.52 Å². The summed E-state index contributed by atoms with van der Waals surface area (Å²) in [6.45, 7) is 2.46. The van der Waals surface area contributed by atoms with E-state index in [4.69, 9.17) is 10.3 Å². The molecule has 5 heteroatoms. The van der Waals surface area contributed by atoms with Crippen molar-refractivity contribution in [3.63, 3.8) is 0 Å². The fourth-order valence-corrected chi connectivity index (χ4v) is 1.36. The number of aromatic nitrogens is 3. The molecule has 0 aliphatic heterocycles. The lowest BCUT2D eigenvalue weighted by Gasteiger charge is -1.95. The molecule has 0 bridgehead atoms. The second-order valence-electron chi connectivity index (χ2n) is 3.13. The molecule has 2 rings (SSSR count). The number of nitrogens with zero attached hydrogens (tertiary/aromatic N) is 2. The predicted molar refractivity (Wildman–Crippen MR) is 51.6 cm³/mol. The van der Waals surface area contributed by atoms with Gasteiger partial charge in [-0.05, 0) is 19.9 Å². The van der Waals surface area contributed by atoms with E-state index in [9.17, 15) is 0 Å². The molecule has 0 radical (unpaired) electrons. The van der Waals surface area contributed by atoms with Gasteiger partial charge in [0.25, 0.3) is 0 Å². The van der Waals surface area contributed by atoms with Crippen LogP contribution in [0.5, 0.6) is 0 Å². The van der Waals surface area contributed by atoms with E-state index in [1.54, 1.807) is 6.20 Å². The number of H-pyrrole nitrogens is 1. The van der Waals surface area contributed by atoms with Crippen molar-refractivity contribution in [1.29, 1.82) is 0 Å². The molecule has 0 saturated carbocycles. The lowest BCUT2D eigenvalue weighted by Crippen LogP contribution is -2.02. The third-order valence-corrected chi connectivity index (χ3v) is 2.02. The summed E-state index contributed by atoms with van der Waals surface area (Å²) in [5.74, 6) is 0.785. The summed E-state index contributed by atoms with van der Waals surface area (Å²) >= 11 is 0. The maximum Gasteiger partial charge on any atom is 0.134 e. The zero-order valence-corrected chi connectivity index (χ0v) is 7.95. The van der Waals surface area contributed by atoms with Crippen molar-refractivity contribution in [3.05, 3.63) is 23.6 Å². The van der Waals surface area contributed by atoms with Crippen LogP contribution in [0.3, 0.4) is 0 Å². The molecule has 0 aromatic carbocycles. The van der Waals surface area contributed by atoms with Gasteiger partial charge in [0.2, 0.25) is 0 Å². The average Bonchev–Trinajstić information content (AvgIpc) is 2.74. The molecule has 0 amide bonds. The van der Waals surface area contributed by atoms with Crippen molar-refractivity contribution >= 4 is 0 Å². The lowest BCUT2D eigenvalue weighted by atomic mass is 10.1. The quantitative estimate of drug-likeness (QED) is 0.756. The van der Waals surface area contributed by atoms with Crippen molar-refractivity contribution in [3.8, 4) is 11.4 Å². The van der Waals surface area contributed by atoms with Crippen LogP contribution in [0.25, 0.3) is 11.4 Å². The minimum Gasteiger partial charge on any atom is -0.361 e. The largest absolute Gasteiger partial charge is 0.361 e. The summed E-state index contributed by atoms with van der Waals surface area (Å²) < 4.78 is 4.99. The van der Waals surface area contributed by atoms with Crippen LogP contribution in [-0.2, 0) is 6.42 Å². The second kappa shape index (κ2) is 3.63. The number of hydrogen-bond acceptors (Lipinski definition) is 4. The van der Waals surface area contributed by atoms with Crippen LogP contribution in [-0.4, -0.2) is 21.9 Å². The Morgan fingerprint density at radius 3 is 3.07 bits per heavy atom. The number of nitrogens with one attached hydrogen (secondary N) is 1. The van der Waals surface area contributed by atoms with Gasteiger partial charge in [0, 0.05) is 11.6 Å². The Morgan fingerprint density at radius 1 is 1.57 bits per heavy atom. The third kappa shape index (κ3) is 1.54. The molecule has 0 spiro atoms. The topological polar surface area (TPSA) is 80.7 Å². The van der Waals surface area contributed by atoms with E-state index in [1.807, 2.05) is 13.0 Å². The first kappa shape index (κ1) is 8.96. The number of aromatic amines is 1. The third-order valence-electron chi connectivity index (χ3n) is 2.02. The van der Waals surface area contributed by atoms with E-state index < -0.39 is 0 Å². The predicted octanol–water partition coefficient (Wildman–Crippen LogP) is 0.874. The van der Waals surface area contributed by atoms with Gasteiger partial charge in [-0.25, -0.2) is 0 Å². The number of nitrogens with two attached hydrogens (primary N) is 1. The van der Waals surface area contributed by atoms with Gasteiger partial charge in [0.1, 0.15) is 11.5 Å². The van der Waals surface area contributed by atoms with Gasteiger partial charge in [-0.3, -0.25) is 5.10 Å². The van der Waals surface area contributed by atoms with Crippen LogP contribution in [0.2, 0.25) is 0 Å². The van der Waals surface area contributed by atoms with E-state index in [0.29, 0.717) is 6.54 Å². The molecule has 2 aromatic rings. The molecule has 14 heavy (non-hydrogen) atoms. The average molecular weight is 192 g/mol. The Bertz CT molecular complexity index is 418. The van der Waals surface area contributed by atoms with Crippen LogP contribution in [0.15, 0.2) is 16.8 Å². The first-order chi connectivity index (χ1) is 6.81. The molecule has 0 fully saturated rings. The highest BCUT2D eigenvalue weighted by molar-refractivity contribution is 5.57. The van der Waals surface area contributed by atoms with Gasteiger partial charge in [-0.15, -0.1) is 0 Å².